The van der Waals surface area contributed by atoms with E-state index < -0.39 is 0 Å². The molecule has 1 aliphatic heterocycles. The fourth-order valence-electron chi connectivity index (χ4n) is 3.17. The van der Waals surface area contributed by atoms with E-state index in [9.17, 15) is 10.1 Å². The van der Waals surface area contributed by atoms with Crippen LogP contribution in [0, 0.1) is 10.1 Å². The molecule has 122 valence electrons. The van der Waals surface area contributed by atoms with Gasteiger partial charge >= 0.3 is 0 Å². The van der Waals surface area contributed by atoms with Crippen LogP contribution < -0.4 is 5.32 Å². The van der Waals surface area contributed by atoms with Gasteiger partial charge in [0.05, 0.1) is 10.4 Å². The first-order chi connectivity index (χ1) is 11.6. The Kier molecular flexibility index (Phi) is 3.66. The molecule has 1 unspecified atom stereocenters. The van der Waals surface area contributed by atoms with Crippen molar-refractivity contribution in [2.75, 3.05) is 6.54 Å². The standard InChI is InChI=1S/C17H16N4O2S/c1-11-8-12(4-5-18-11)15-10-20(17-19-6-7-24-17)16-3-2-13(21(22)23)9-14(15)16/h2-4,6-7,9-11,18H,5,8H2,1H3. The van der Waals surface area contributed by atoms with Crippen molar-refractivity contribution in [1.82, 2.24) is 14.9 Å². The van der Waals surface area contributed by atoms with E-state index in [1.165, 1.54) is 5.57 Å². The number of rotatable bonds is 3. The Morgan fingerprint density at radius 2 is 2.33 bits per heavy atom. The molecule has 0 aliphatic carbocycles. The zero-order valence-electron chi connectivity index (χ0n) is 13.1. The van der Waals surface area contributed by atoms with Crippen molar-refractivity contribution >= 4 is 33.5 Å². The first-order valence-electron chi connectivity index (χ1n) is 7.75. The average Bonchev–Trinajstić information content (AvgIpc) is 3.21. The molecule has 0 saturated carbocycles. The summed E-state index contributed by atoms with van der Waals surface area (Å²) in [5, 5.41) is 18.3. The lowest BCUT2D eigenvalue weighted by molar-refractivity contribution is -0.384. The highest BCUT2D eigenvalue weighted by Crippen LogP contribution is 2.35. The average molecular weight is 340 g/mol. The van der Waals surface area contributed by atoms with Crippen molar-refractivity contribution < 1.29 is 4.92 Å². The van der Waals surface area contributed by atoms with E-state index in [-0.39, 0.29) is 10.6 Å². The summed E-state index contributed by atoms with van der Waals surface area (Å²) < 4.78 is 2.02. The number of benzene rings is 1. The molecule has 7 heteroatoms. The number of nitro benzene ring substituents is 1. The molecular weight excluding hydrogens is 324 g/mol. The molecule has 1 aromatic carbocycles. The van der Waals surface area contributed by atoms with Gasteiger partial charge in [-0.15, -0.1) is 11.3 Å². The molecule has 0 saturated heterocycles. The molecule has 6 nitrogen and oxygen atoms in total. The molecule has 24 heavy (non-hydrogen) atoms. The van der Waals surface area contributed by atoms with Crippen molar-refractivity contribution in [1.29, 1.82) is 0 Å². The largest absolute Gasteiger partial charge is 0.310 e. The molecule has 3 aromatic rings. The third kappa shape index (κ3) is 2.51. The fraction of sp³-hybridized carbons (Fsp3) is 0.235. The van der Waals surface area contributed by atoms with Crippen LogP contribution in [0.15, 0.2) is 42.0 Å². The van der Waals surface area contributed by atoms with Crippen LogP contribution in [0.4, 0.5) is 5.69 Å². The topological polar surface area (TPSA) is 73.0 Å². The van der Waals surface area contributed by atoms with Crippen LogP contribution in [0.1, 0.15) is 18.9 Å². The monoisotopic (exact) mass is 340 g/mol. The van der Waals surface area contributed by atoms with Gasteiger partial charge in [-0.3, -0.25) is 14.7 Å². The molecule has 3 heterocycles. The minimum atomic E-state index is -0.344. The van der Waals surface area contributed by atoms with Crippen molar-refractivity contribution in [2.45, 2.75) is 19.4 Å². The second-order valence-corrected chi connectivity index (χ2v) is 6.80. The molecule has 0 amide bonds. The van der Waals surface area contributed by atoms with Gasteiger partial charge in [0.15, 0.2) is 5.13 Å². The summed E-state index contributed by atoms with van der Waals surface area (Å²) in [6.45, 7) is 2.96. The van der Waals surface area contributed by atoms with Crippen molar-refractivity contribution in [3.63, 3.8) is 0 Å². The van der Waals surface area contributed by atoms with Crippen LogP contribution in [0.2, 0.25) is 0 Å². The SMILES string of the molecule is CC1CC(c2cn(-c3nccs3)c3ccc([N+](=O)[O-])cc23)=CCN1. The summed E-state index contributed by atoms with van der Waals surface area (Å²) in [7, 11) is 0. The number of non-ortho nitro benzene ring substituents is 1. The molecule has 0 bridgehead atoms. The number of hydrogen-bond acceptors (Lipinski definition) is 5. The Morgan fingerprint density at radius 1 is 1.46 bits per heavy atom. The summed E-state index contributed by atoms with van der Waals surface area (Å²) in [6.07, 6.45) is 6.89. The summed E-state index contributed by atoms with van der Waals surface area (Å²) >= 11 is 1.55. The van der Waals surface area contributed by atoms with E-state index in [4.69, 9.17) is 0 Å². The Bertz CT molecular complexity index is 943. The Labute approximate surface area is 142 Å². The zero-order chi connectivity index (χ0) is 16.7. The molecule has 0 radical (unpaired) electrons. The van der Waals surface area contributed by atoms with Gasteiger partial charge in [0.1, 0.15) is 0 Å². The van der Waals surface area contributed by atoms with Crippen LogP contribution in [0.25, 0.3) is 21.6 Å². The maximum Gasteiger partial charge on any atom is 0.270 e. The molecule has 1 aliphatic rings. The summed E-state index contributed by atoms with van der Waals surface area (Å²) in [6, 6.07) is 5.42. The van der Waals surface area contributed by atoms with Gasteiger partial charge < -0.3 is 5.32 Å². The quantitative estimate of drug-likeness (QED) is 0.582. The van der Waals surface area contributed by atoms with E-state index in [2.05, 4.69) is 29.5 Å². The van der Waals surface area contributed by atoms with Gasteiger partial charge in [-0.2, -0.15) is 0 Å². The second-order valence-electron chi connectivity index (χ2n) is 5.93. The fourth-order valence-corrected chi connectivity index (χ4v) is 3.80. The van der Waals surface area contributed by atoms with Gasteiger partial charge in [-0.05, 0) is 25.0 Å². The van der Waals surface area contributed by atoms with Crippen molar-refractivity contribution in [3.05, 3.63) is 57.7 Å². The Hall–Kier alpha value is -2.51. The maximum atomic E-state index is 11.2. The number of hydrogen-bond donors (Lipinski definition) is 1. The van der Waals surface area contributed by atoms with E-state index in [0.717, 1.165) is 34.6 Å². The third-order valence-electron chi connectivity index (χ3n) is 4.31. The lowest BCUT2D eigenvalue weighted by Crippen LogP contribution is -2.29. The van der Waals surface area contributed by atoms with Crippen LogP contribution in [-0.2, 0) is 0 Å². The van der Waals surface area contributed by atoms with Crippen LogP contribution in [0.3, 0.4) is 0 Å². The number of fused-ring (bicyclic) bond motifs is 1. The normalized spacial score (nSPS) is 17.9. The first-order valence-corrected chi connectivity index (χ1v) is 8.63. The van der Waals surface area contributed by atoms with Gasteiger partial charge in [0.25, 0.3) is 5.69 Å². The van der Waals surface area contributed by atoms with E-state index in [1.807, 2.05) is 16.0 Å². The number of nitrogens with one attached hydrogen (secondary N) is 1. The lowest BCUT2D eigenvalue weighted by Gasteiger charge is -2.20. The summed E-state index contributed by atoms with van der Waals surface area (Å²) in [5.41, 5.74) is 3.33. The van der Waals surface area contributed by atoms with Crippen LogP contribution in [-0.4, -0.2) is 27.1 Å². The first kappa shape index (κ1) is 15.0. The molecule has 1 atom stereocenters. The van der Waals surface area contributed by atoms with Gasteiger partial charge in [0.2, 0.25) is 0 Å². The lowest BCUT2D eigenvalue weighted by atomic mass is 9.96. The number of nitro groups is 1. The van der Waals surface area contributed by atoms with Gasteiger partial charge in [-0.25, -0.2) is 4.98 Å². The molecule has 4 rings (SSSR count). The van der Waals surface area contributed by atoms with E-state index in [0.29, 0.717) is 6.04 Å². The molecule has 0 spiro atoms. The number of nitrogens with zero attached hydrogens (tertiary/aromatic N) is 3. The molecular formula is C17H16N4O2S. The summed E-state index contributed by atoms with van der Waals surface area (Å²) in [5.74, 6) is 0. The molecule has 1 N–H and O–H groups in total. The van der Waals surface area contributed by atoms with E-state index in [1.54, 1.807) is 29.7 Å². The minimum absolute atomic E-state index is 0.114. The highest BCUT2D eigenvalue weighted by atomic mass is 32.1. The van der Waals surface area contributed by atoms with Gasteiger partial charge in [-0.1, -0.05) is 6.08 Å². The second kappa shape index (κ2) is 5.85. The highest BCUT2D eigenvalue weighted by Gasteiger charge is 2.20. The van der Waals surface area contributed by atoms with Crippen LogP contribution in [0.5, 0.6) is 0 Å². The van der Waals surface area contributed by atoms with E-state index >= 15 is 0 Å². The van der Waals surface area contributed by atoms with Crippen molar-refractivity contribution in [2.24, 2.45) is 0 Å². The number of thiazole rings is 1. The Morgan fingerprint density at radius 3 is 3.04 bits per heavy atom. The van der Waals surface area contributed by atoms with Gasteiger partial charge in [0, 0.05) is 53.4 Å². The molecule has 0 fully saturated rings. The van der Waals surface area contributed by atoms with Crippen molar-refractivity contribution in [3.8, 4) is 5.13 Å². The smallest absolute Gasteiger partial charge is 0.270 e. The Balaban J connectivity index is 1.96. The minimum Gasteiger partial charge on any atom is -0.310 e. The maximum absolute atomic E-state index is 11.2. The summed E-state index contributed by atoms with van der Waals surface area (Å²) in [4.78, 5) is 15.2. The third-order valence-corrected chi connectivity index (χ3v) is 5.08. The number of aromatic nitrogens is 2. The molecule has 2 aromatic heterocycles. The van der Waals surface area contributed by atoms with Crippen LogP contribution >= 0.6 is 11.3 Å². The predicted molar refractivity (Wildman–Crippen MR) is 95.7 cm³/mol. The predicted octanol–water partition coefficient (Wildman–Crippen LogP) is 3.76. The highest BCUT2D eigenvalue weighted by molar-refractivity contribution is 7.12. The zero-order valence-corrected chi connectivity index (χ0v) is 13.9.